The largest absolute Gasteiger partial charge is 0.497 e. The second-order valence-electron chi connectivity index (χ2n) is 8.63. The van der Waals surface area contributed by atoms with Gasteiger partial charge >= 0.3 is 0 Å². The number of ether oxygens (including phenoxy) is 2. The molecule has 10 nitrogen and oxygen atoms in total. The molecule has 3 aromatic rings. The van der Waals surface area contributed by atoms with Gasteiger partial charge in [-0.15, -0.1) is 0 Å². The summed E-state index contributed by atoms with van der Waals surface area (Å²) in [5, 5.41) is 2.71. The van der Waals surface area contributed by atoms with Crippen LogP contribution < -0.4 is 19.5 Å². The van der Waals surface area contributed by atoms with Crippen LogP contribution >= 0.6 is 0 Å². The number of nitrogens with zero attached hydrogens (tertiary/aromatic N) is 1. The van der Waals surface area contributed by atoms with E-state index in [0.29, 0.717) is 30.3 Å². The monoisotopic (exact) mass is 559 g/mol. The molecule has 0 radical (unpaired) electrons. The number of benzene rings is 3. The van der Waals surface area contributed by atoms with E-state index < -0.39 is 20.0 Å². The number of hydrogen-bond acceptors (Lipinski definition) is 7. The van der Waals surface area contributed by atoms with Gasteiger partial charge in [0.1, 0.15) is 11.5 Å². The summed E-state index contributed by atoms with van der Waals surface area (Å²) in [4.78, 5) is 12.5. The minimum absolute atomic E-state index is 0.0345. The van der Waals surface area contributed by atoms with Crippen molar-refractivity contribution in [2.75, 3.05) is 31.5 Å². The zero-order chi connectivity index (χ0) is 27.2. The van der Waals surface area contributed by atoms with Crippen LogP contribution in [0.25, 0.3) is 0 Å². The Morgan fingerprint density at radius 3 is 2.18 bits per heavy atom. The van der Waals surface area contributed by atoms with Crippen LogP contribution in [-0.4, -0.2) is 53.9 Å². The molecule has 0 aromatic heterocycles. The lowest BCUT2D eigenvalue weighted by Gasteiger charge is -2.15. The normalized spacial score (nSPS) is 14.1. The zero-order valence-corrected chi connectivity index (χ0v) is 22.4. The fourth-order valence-electron chi connectivity index (χ4n) is 3.87. The minimum Gasteiger partial charge on any atom is -0.497 e. The highest BCUT2D eigenvalue weighted by Gasteiger charge is 2.26. The van der Waals surface area contributed by atoms with E-state index in [2.05, 4.69) is 10.0 Å². The molecule has 202 valence electrons. The Bertz CT molecular complexity index is 1470. The van der Waals surface area contributed by atoms with Crippen molar-refractivity contribution in [1.29, 1.82) is 0 Å². The quantitative estimate of drug-likeness (QED) is 0.369. The molecule has 4 rings (SSSR count). The van der Waals surface area contributed by atoms with Gasteiger partial charge in [-0.1, -0.05) is 18.2 Å². The van der Waals surface area contributed by atoms with Gasteiger partial charge in [0.15, 0.2) is 6.61 Å². The van der Waals surface area contributed by atoms with E-state index in [1.54, 1.807) is 48.5 Å². The molecule has 0 unspecified atom stereocenters. The van der Waals surface area contributed by atoms with E-state index in [1.165, 1.54) is 35.7 Å². The molecule has 1 aliphatic heterocycles. The molecule has 1 amide bonds. The fraction of sp³-hybridized carbons (Fsp3) is 0.269. The van der Waals surface area contributed by atoms with Crippen LogP contribution in [0.3, 0.4) is 0 Å². The van der Waals surface area contributed by atoms with Crippen LogP contribution in [0.5, 0.6) is 11.5 Å². The van der Waals surface area contributed by atoms with E-state index >= 15 is 0 Å². The summed E-state index contributed by atoms with van der Waals surface area (Å²) in [6.07, 6.45) is 1.74. The van der Waals surface area contributed by atoms with E-state index in [1.807, 2.05) is 0 Å². The predicted molar refractivity (Wildman–Crippen MR) is 142 cm³/mol. The van der Waals surface area contributed by atoms with Crippen molar-refractivity contribution in [1.82, 2.24) is 9.62 Å². The molecule has 0 bridgehead atoms. The SMILES string of the molecule is COc1cccc(NS(=O)(=O)c2ccc(OCC(=O)NCc3ccc(S(=O)(=O)N4CCCC4)cc3)cc2)c1. The van der Waals surface area contributed by atoms with Crippen LogP contribution in [0.15, 0.2) is 82.6 Å². The lowest BCUT2D eigenvalue weighted by Crippen LogP contribution is -2.29. The Kier molecular flexibility index (Phi) is 8.55. The summed E-state index contributed by atoms with van der Waals surface area (Å²) >= 11 is 0. The van der Waals surface area contributed by atoms with E-state index in [4.69, 9.17) is 9.47 Å². The minimum atomic E-state index is -3.82. The maximum absolute atomic E-state index is 12.6. The molecule has 1 fully saturated rings. The third-order valence-electron chi connectivity index (χ3n) is 5.94. The number of nitrogens with one attached hydrogen (secondary N) is 2. The molecular formula is C26H29N3O7S2. The smallest absolute Gasteiger partial charge is 0.261 e. The predicted octanol–water partition coefficient (Wildman–Crippen LogP) is 2.98. The number of amides is 1. The fourth-order valence-corrected chi connectivity index (χ4v) is 6.44. The van der Waals surface area contributed by atoms with Crippen molar-refractivity contribution < 1.29 is 31.1 Å². The summed E-state index contributed by atoms with van der Waals surface area (Å²) in [7, 11) is -5.81. The molecule has 0 saturated carbocycles. The Morgan fingerprint density at radius 1 is 0.868 bits per heavy atom. The summed E-state index contributed by atoms with van der Waals surface area (Å²) in [5.74, 6) is 0.474. The molecule has 1 aliphatic rings. The van der Waals surface area contributed by atoms with Crippen LogP contribution in [-0.2, 0) is 31.4 Å². The summed E-state index contributed by atoms with van der Waals surface area (Å²) in [5.41, 5.74) is 1.11. The number of methoxy groups -OCH3 is 1. The second kappa shape index (κ2) is 11.8. The van der Waals surface area contributed by atoms with Gasteiger partial charge < -0.3 is 14.8 Å². The maximum Gasteiger partial charge on any atom is 0.261 e. The summed E-state index contributed by atoms with van der Waals surface area (Å²) in [6, 6.07) is 18.7. The lowest BCUT2D eigenvalue weighted by atomic mass is 10.2. The molecule has 38 heavy (non-hydrogen) atoms. The van der Waals surface area contributed by atoms with Crippen molar-refractivity contribution >= 4 is 31.6 Å². The topological polar surface area (TPSA) is 131 Å². The highest BCUT2D eigenvalue weighted by Crippen LogP contribution is 2.23. The van der Waals surface area contributed by atoms with Crippen LogP contribution in [0.4, 0.5) is 5.69 Å². The molecule has 3 aromatic carbocycles. The number of sulfonamides is 2. The molecule has 0 atom stereocenters. The number of anilines is 1. The van der Waals surface area contributed by atoms with Gasteiger partial charge in [0.25, 0.3) is 15.9 Å². The van der Waals surface area contributed by atoms with Gasteiger partial charge in [-0.2, -0.15) is 4.31 Å². The third kappa shape index (κ3) is 6.82. The average Bonchev–Trinajstić information content (AvgIpc) is 3.47. The first kappa shape index (κ1) is 27.4. The number of carbonyl (C=O) groups is 1. The molecule has 2 N–H and O–H groups in total. The molecule has 12 heteroatoms. The second-order valence-corrected chi connectivity index (χ2v) is 12.2. The maximum atomic E-state index is 12.6. The Balaban J connectivity index is 1.26. The highest BCUT2D eigenvalue weighted by molar-refractivity contribution is 7.92. The molecule has 1 heterocycles. The standard InChI is InChI=1S/C26H29N3O7S2/c1-35-23-6-4-5-21(17-23)28-37(31,32)24-13-9-22(10-14-24)36-19-26(30)27-18-20-7-11-25(12-8-20)38(33,34)29-15-2-3-16-29/h4-14,17,28H,2-3,15-16,18-19H2,1H3,(H,27,30). The van der Waals surface area contributed by atoms with E-state index in [-0.39, 0.29) is 28.8 Å². The first-order valence-corrected chi connectivity index (χ1v) is 14.9. The first-order valence-electron chi connectivity index (χ1n) is 11.9. The molecule has 0 spiro atoms. The molecule has 0 aliphatic carbocycles. The van der Waals surface area contributed by atoms with Crippen molar-refractivity contribution in [2.24, 2.45) is 0 Å². The first-order chi connectivity index (χ1) is 18.2. The number of carbonyl (C=O) groups excluding carboxylic acids is 1. The highest BCUT2D eigenvalue weighted by atomic mass is 32.2. The van der Waals surface area contributed by atoms with Crippen LogP contribution in [0, 0.1) is 0 Å². The lowest BCUT2D eigenvalue weighted by molar-refractivity contribution is -0.123. The Morgan fingerprint density at radius 2 is 1.53 bits per heavy atom. The zero-order valence-electron chi connectivity index (χ0n) is 20.8. The Labute approximate surface area is 222 Å². The van der Waals surface area contributed by atoms with Gasteiger partial charge in [0, 0.05) is 25.7 Å². The van der Waals surface area contributed by atoms with Crippen LogP contribution in [0.1, 0.15) is 18.4 Å². The summed E-state index contributed by atoms with van der Waals surface area (Å²) < 4.78 is 65.1. The van der Waals surface area contributed by atoms with Gasteiger partial charge in [-0.25, -0.2) is 16.8 Å². The van der Waals surface area contributed by atoms with Crippen molar-refractivity contribution in [3.63, 3.8) is 0 Å². The third-order valence-corrected chi connectivity index (χ3v) is 9.25. The summed E-state index contributed by atoms with van der Waals surface area (Å²) in [6.45, 7) is 1.02. The van der Waals surface area contributed by atoms with Gasteiger partial charge in [-0.05, 0) is 66.9 Å². The van der Waals surface area contributed by atoms with Crippen molar-refractivity contribution in [2.45, 2.75) is 29.2 Å². The van der Waals surface area contributed by atoms with Gasteiger partial charge in [-0.3, -0.25) is 9.52 Å². The molecular weight excluding hydrogens is 530 g/mol. The Hall–Kier alpha value is -3.61. The molecule has 1 saturated heterocycles. The number of rotatable bonds is 11. The van der Waals surface area contributed by atoms with Crippen molar-refractivity contribution in [3.05, 3.63) is 78.4 Å². The average molecular weight is 560 g/mol. The van der Waals surface area contributed by atoms with E-state index in [0.717, 1.165) is 18.4 Å². The van der Waals surface area contributed by atoms with Crippen LogP contribution in [0.2, 0.25) is 0 Å². The van der Waals surface area contributed by atoms with Crippen molar-refractivity contribution in [3.8, 4) is 11.5 Å². The van der Waals surface area contributed by atoms with Gasteiger partial charge in [0.05, 0.1) is 22.6 Å². The van der Waals surface area contributed by atoms with Gasteiger partial charge in [0.2, 0.25) is 10.0 Å². The van der Waals surface area contributed by atoms with E-state index in [9.17, 15) is 21.6 Å². The number of hydrogen-bond donors (Lipinski definition) is 2.